The van der Waals surface area contributed by atoms with E-state index in [1.54, 1.807) is 7.11 Å². The van der Waals surface area contributed by atoms with Gasteiger partial charge in [-0.2, -0.15) is 0 Å². The van der Waals surface area contributed by atoms with Crippen LogP contribution >= 0.6 is 0 Å². The fourth-order valence-electron chi connectivity index (χ4n) is 3.62. The van der Waals surface area contributed by atoms with E-state index in [9.17, 15) is 4.79 Å². The first-order valence-corrected chi connectivity index (χ1v) is 9.96. The second-order valence-corrected chi connectivity index (χ2v) is 7.16. The van der Waals surface area contributed by atoms with Crippen molar-refractivity contribution in [3.63, 3.8) is 0 Å². The van der Waals surface area contributed by atoms with Crippen LogP contribution in [-0.2, 0) is 17.7 Å². The van der Waals surface area contributed by atoms with Crippen LogP contribution in [0, 0.1) is 0 Å². The Balaban J connectivity index is 1.50. The molecule has 2 aromatic carbocycles. The maximum Gasteiger partial charge on any atom is 0.287 e. The van der Waals surface area contributed by atoms with Gasteiger partial charge in [-0.15, -0.1) is 0 Å². The van der Waals surface area contributed by atoms with E-state index in [-0.39, 0.29) is 5.91 Å². The highest BCUT2D eigenvalue weighted by Gasteiger charge is 2.19. The van der Waals surface area contributed by atoms with Crippen molar-refractivity contribution in [1.29, 1.82) is 0 Å². The lowest BCUT2D eigenvalue weighted by atomic mass is 10.1. The number of morpholine rings is 1. The van der Waals surface area contributed by atoms with E-state index in [2.05, 4.69) is 22.3 Å². The molecule has 4 rings (SSSR count). The maximum absolute atomic E-state index is 12.6. The van der Waals surface area contributed by atoms with Crippen LogP contribution in [0.5, 0.6) is 5.75 Å². The molecule has 6 heteroatoms. The molecule has 29 heavy (non-hydrogen) atoms. The standard InChI is InChI=1S/C23H26N2O4/c1-27-20-8-7-18(16-25-11-13-28-14-12-25)19-15-21(29-22(19)20)23(26)24-10-9-17-5-3-2-4-6-17/h2-8,15H,9-14,16H2,1H3,(H,24,26). The third-order valence-electron chi connectivity index (χ3n) is 5.22. The van der Waals surface area contributed by atoms with Gasteiger partial charge in [-0.1, -0.05) is 36.4 Å². The van der Waals surface area contributed by atoms with Crippen molar-refractivity contribution in [1.82, 2.24) is 10.2 Å². The molecule has 2 heterocycles. The zero-order chi connectivity index (χ0) is 20.1. The number of furan rings is 1. The summed E-state index contributed by atoms with van der Waals surface area (Å²) in [5.41, 5.74) is 2.92. The largest absolute Gasteiger partial charge is 0.493 e. The van der Waals surface area contributed by atoms with Crippen LogP contribution in [0.1, 0.15) is 21.7 Å². The van der Waals surface area contributed by atoms with Gasteiger partial charge < -0.3 is 19.2 Å². The quantitative estimate of drug-likeness (QED) is 0.667. The zero-order valence-corrected chi connectivity index (χ0v) is 16.6. The molecule has 152 valence electrons. The van der Waals surface area contributed by atoms with Crippen LogP contribution in [-0.4, -0.2) is 50.8 Å². The molecule has 0 bridgehead atoms. The van der Waals surface area contributed by atoms with Gasteiger partial charge >= 0.3 is 0 Å². The summed E-state index contributed by atoms with van der Waals surface area (Å²) in [4.78, 5) is 15.0. The minimum atomic E-state index is -0.212. The second kappa shape index (κ2) is 9.11. The Morgan fingerprint density at radius 1 is 1.14 bits per heavy atom. The SMILES string of the molecule is COc1ccc(CN2CCOCC2)c2cc(C(=O)NCCc3ccccc3)oc12. The van der Waals surface area contributed by atoms with Crippen molar-refractivity contribution in [2.45, 2.75) is 13.0 Å². The third kappa shape index (κ3) is 4.60. The summed E-state index contributed by atoms with van der Waals surface area (Å²) in [7, 11) is 1.61. The van der Waals surface area contributed by atoms with E-state index in [0.717, 1.165) is 50.2 Å². The average Bonchev–Trinajstić information content (AvgIpc) is 3.22. The Hall–Kier alpha value is -2.83. The molecule has 0 spiro atoms. The molecule has 1 amide bonds. The molecular weight excluding hydrogens is 368 g/mol. The van der Waals surface area contributed by atoms with Crippen molar-refractivity contribution in [3.05, 3.63) is 65.4 Å². The Morgan fingerprint density at radius 3 is 2.69 bits per heavy atom. The number of benzene rings is 2. The Morgan fingerprint density at radius 2 is 1.93 bits per heavy atom. The monoisotopic (exact) mass is 394 g/mol. The van der Waals surface area contributed by atoms with Gasteiger partial charge in [-0.05, 0) is 29.7 Å². The fourth-order valence-corrected chi connectivity index (χ4v) is 3.62. The van der Waals surface area contributed by atoms with E-state index >= 15 is 0 Å². The normalized spacial score (nSPS) is 14.8. The molecule has 1 saturated heterocycles. The van der Waals surface area contributed by atoms with Crippen molar-refractivity contribution >= 4 is 16.9 Å². The smallest absolute Gasteiger partial charge is 0.287 e. The summed E-state index contributed by atoms with van der Waals surface area (Å²) >= 11 is 0. The van der Waals surface area contributed by atoms with Gasteiger partial charge in [-0.3, -0.25) is 9.69 Å². The number of ether oxygens (including phenoxy) is 2. The highest BCUT2D eigenvalue weighted by molar-refractivity contribution is 5.98. The van der Waals surface area contributed by atoms with E-state index in [1.807, 2.05) is 36.4 Å². The van der Waals surface area contributed by atoms with Crippen molar-refractivity contribution in [2.75, 3.05) is 40.0 Å². The first kappa shape index (κ1) is 19.5. The van der Waals surface area contributed by atoms with Gasteiger partial charge in [0.2, 0.25) is 0 Å². The highest BCUT2D eigenvalue weighted by Crippen LogP contribution is 2.32. The molecule has 1 N–H and O–H groups in total. The Bertz CT molecular complexity index is 962. The van der Waals surface area contributed by atoms with Gasteiger partial charge in [0.05, 0.1) is 20.3 Å². The van der Waals surface area contributed by atoms with Crippen molar-refractivity contribution in [3.8, 4) is 5.75 Å². The number of rotatable bonds is 7. The van der Waals surface area contributed by atoms with Crippen LogP contribution in [0.4, 0.5) is 0 Å². The first-order valence-electron chi connectivity index (χ1n) is 9.96. The van der Waals surface area contributed by atoms with E-state index in [0.29, 0.717) is 23.6 Å². The number of fused-ring (bicyclic) bond motifs is 1. The van der Waals surface area contributed by atoms with Gasteiger partial charge in [0.15, 0.2) is 17.1 Å². The van der Waals surface area contributed by atoms with Gasteiger partial charge in [-0.25, -0.2) is 0 Å². The lowest BCUT2D eigenvalue weighted by molar-refractivity contribution is 0.0343. The second-order valence-electron chi connectivity index (χ2n) is 7.16. The highest BCUT2D eigenvalue weighted by atomic mass is 16.5. The average molecular weight is 394 g/mol. The van der Waals surface area contributed by atoms with Crippen LogP contribution in [0.2, 0.25) is 0 Å². The maximum atomic E-state index is 12.6. The Kier molecular flexibility index (Phi) is 6.12. The molecule has 0 aliphatic carbocycles. The van der Waals surface area contributed by atoms with Crippen LogP contribution in [0.25, 0.3) is 11.0 Å². The molecule has 1 aliphatic rings. The number of carbonyl (C=O) groups is 1. The molecule has 1 fully saturated rings. The summed E-state index contributed by atoms with van der Waals surface area (Å²) in [6, 6.07) is 15.9. The number of amides is 1. The number of methoxy groups -OCH3 is 1. The molecule has 0 saturated carbocycles. The topological polar surface area (TPSA) is 63.9 Å². The minimum Gasteiger partial charge on any atom is -0.493 e. The van der Waals surface area contributed by atoms with E-state index in [4.69, 9.17) is 13.9 Å². The third-order valence-corrected chi connectivity index (χ3v) is 5.22. The van der Waals surface area contributed by atoms with Gasteiger partial charge in [0.25, 0.3) is 5.91 Å². The minimum absolute atomic E-state index is 0.212. The molecule has 1 aromatic heterocycles. The van der Waals surface area contributed by atoms with Crippen molar-refractivity contribution < 1.29 is 18.7 Å². The number of nitrogens with one attached hydrogen (secondary N) is 1. The predicted octanol–water partition coefficient (Wildman–Crippen LogP) is 3.25. The molecule has 6 nitrogen and oxygen atoms in total. The predicted molar refractivity (Wildman–Crippen MR) is 111 cm³/mol. The number of hydrogen-bond acceptors (Lipinski definition) is 5. The number of carbonyl (C=O) groups excluding carboxylic acids is 1. The fraction of sp³-hybridized carbons (Fsp3) is 0.348. The van der Waals surface area contributed by atoms with Gasteiger partial charge in [0.1, 0.15) is 0 Å². The summed E-state index contributed by atoms with van der Waals surface area (Å²) < 4.78 is 16.8. The van der Waals surface area contributed by atoms with Crippen molar-refractivity contribution in [2.24, 2.45) is 0 Å². The summed E-state index contributed by atoms with van der Waals surface area (Å²) in [5, 5.41) is 3.87. The first-order chi connectivity index (χ1) is 14.2. The molecule has 0 unspecified atom stereocenters. The lowest BCUT2D eigenvalue weighted by Crippen LogP contribution is -2.35. The van der Waals surface area contributed by atoms with Crippen LogP contribution < -0.4 is 10.1 Å². The zero-order valence-electron chi connectivity index (χ0n) is 16.6. The molecule has 0 radical (unpaired) electrons. The van der Waals surface area contributed by atoms with E-state index in [1.165, 1.54) is 5.56 Å². The number of hydrogen-bond donors (Lipinski definition) is 1. The Labute approximate surface area is 170 Å². The summed E-state index contributed by atoms with van der Waals surface area (Å²) in [6.45, 7) is 4.64. The summed E-state index contributed by atoms with van der Waals surface area (Å²) in [6.07, 6.45) is 0.776. The van der Waals surface area contributed by atoms with Crippen LogP contribution in [0.15, 0.2) is 52.9 Å². The van der Waals surface area contributed by atoms with Gasteiger partial charge in [0, 0.05) is 31.6 Å². The lowest BCUT2D eigenvalue weighted by Gasteiger charge is -2.26. The number of nitrogens with zero attached hydrogens (tertiary/aromatic N) is 1. The van der Waals surface area contributed by atoms with E-state index < -0.39 is 0 Å². The van der Waals surface area contributed by atoms with Crippen LogP contribution in [0.3, 0.4) is 0 Å². The molecule has 1 aliphatic heterocycles. The molecular formula is C23H26N2O4. The molecule has 3 aromatic rings. The molecule has 0 atom stereocenters. The summed E-state index contributed by atoms with van der Waals surface area (Å²) in [5.74, 6) is 0.728.